The minimum atomic E-state index is -3.31. The summed E-state index contributed by atoms with van der Waals surface area (Å²) in [6.07, 6.45) is 0. The van der Waals surface area contributed by atoms with E-state index in [1.165, 1.54) is 21.5 Å². The van der Waals surface area contributed by atoms with Gasteiger partial charge in [-0.1, -0.05) is 346 Å². The van der Waals surface area contributed by atoms with Crippen LogP contribution in [0.5, 0.6) is 0 Å². The van der Waals surface area contributed by atoms with E-state index in [1.54, 1.807) is 0 Å². The first kappa shape index (κ1) is 69.5. The van der Waals surface area contributed by atoms with Gasteiger partial charge in [0.15, 0.2) is 21.4 Å². The molecule has 0 spiro atoms. The van der Waals surface area contributed by atoms with E-state index < -0.39 is 21.4 Å². The first-order valence-electron chi connectivity index (χ1n) is 39.3. The third-order valence-corrected chi connectivity index (χ3v) is 32.7. The highest BCUT2D eigenvalue weighted by molar-refractivity contribution is 7.86. The van der Waals surface area contributed by atoms with Gasteiger partial charge >= 0.3 is 0 Å². The summed E-state index contributed by atoms with van der Waals surface area (Å²) in [4.78, 5) is 15.7. The maximum absolute atomic E-state index is 15.8. The maximum atomic E-state index is 15.8. The molecule has 6 heterocycles. The Balaban J connectivity index is 0.000000106. The summed E-state index contributed by atoms with van der Waals surface area (Å²) in [5, 5.41) is 23.9. The van der Waals surface area contributed by atoms with Gasteiger partial charge in [-0.25, -0.2) is 15.0 Å². The van der Waals surface area contributed by atoms with Crippen LogP contribution in [-0.4, -0.2) is 28.2 Å². The van der Waals surface area contributed by atoms with Crippen LogP contribution in [0.3, 0.4) is 0 Å². The van der Waals surface area contributed by atoms with E-state index in [2.05, 4.69) is 219 Å². The Bertz CT molecular complexity index is 8170. The highest BCUT2D eigenvalue weighted by atomic mass is 31.2. The smallest absolute Gasteiger partial charge is 0.173 e. The Kier molecular flexibility index (Phi) is 16.6. The molecule has 117 heavy (non-hydrogen) atoms. The number of rotatable bonds is 9. The molecule has 0 saturated carbocycles. The second kappa shape index (κ2) is 27.8. The van der Waals surface area contributed by atoms with E-state index in [-0.39, 0.29) is 0 Å². The molecule has 0 N–H and O–H groups in total. The lowest BCUT2D eigenvalue weighted by molar-refractivity contribution is 0.592. The zero-order valence-corrected chi connectivity index (χ0v) is 65.8. The average Bonchev–Trinajstić information content (AvgIpc) is 1.70. The van der Waals surface area contributed by atoms with E-state index in [0.717, 1.165) is 174 Å². The number of hydrogen-bond donors (Lipinski definition) is 0. The Morgan fingerprint density at radius 3 is 1.02 bits per heavy atom. The standard InChI is InChI=1S/3C35H23N2OP/c38-39(25-14-3-1-4-15-25,26-16-5-2-6-17-26)32-23-24-13-7-8-18-27(24)33-28-19-9-11-21-30(28)37-31-22-12-10-20-29(31)36-35(37)34(32)33;38-39(24-13-3-1-4-14-24,25-15-5-2-6-16-25)33-23-29-34(27-18-8-7-17-26(27)33)28-19-9-11-21-31(28)37-32-22-12-10-20-30(32)36-35(29)37;38-39(25-13-3-1-4-14-25,26-15-5-2-6-16-26)32-21-11-20-31-34(32)36-35-29-23-22-24-12-7-8-17-27(24)33(29)28-18-9-10-19-30(28)37(31)35/h3*1-23H. The van der Waals surface area contributed by atoms with E-state index >= 15 is 13.7 Å². The van der Waals surface area contributed by atoms with Crippen LogP contribution in [0, 0.1) is 0 Å². The molecule has 24 rings (SSSR count). The van der Waals surface area contributed by atoms with Crippen molar-refractivity contribution in [3.63, 3.8) is 0 Å². The third-order valence-electron chi connectivity index (χ3n) is 23.5. The second-order valence-corrected chi connectivity index (χ2v) is 38.0. The molecule has 24 aromatic rings. The Hall–Kier alpha value is -14.2. The number of imidazole rings is 3. The molecule has 0 aliphatic rings. The van der Waals surface area contributed by atoms with Crippen LogP contribution in [0.2, 0.25) is 0 Å². The van der Waals surface area contributed by atoms with Crippen LogP contribution in [-0.2, 0) is 13.7 Å². The Labute approximate surface area is 672 Å². The molecule has 0 radical (unpaired) electrons. The summed E-state index contributed by atoms with van der Waals surface area (Å²) in [6, 6.07) is 141. The van der Waals surface area contributed by atoms with Gasteiger partial charge in [-0.05, 0) is 105 Å². The fourth-order valence-corrected chi connectivity index (χ4v) is 26.9. The van der Waals surface area contributed by atoms with Crippen molar-refractivity contribution >= 4 is 217 Å². The lowest BCUT2D eigenvalue weighted by atomic mass is 9.99. The van der Waals surface area contributed by atoms with Gasteiger partial charge in [0.25, 0.3) is 0 Å². The predicted molar refractivity (Wildman–Crippen MR) is 494 cm³/mol. The second-order valence-electron chi connectivity index (χ2n) is 29.8. The highest BCUT2D eigenvalue weighted by Gasteiger charge is 2.37. The van der Waals surface area contributed by atoms with Crippen LogP contribution in [0.25, 0.3) is 147 Å². The zero-order chi connectivity index (χ0) is 77.9. The quantitative estimate of drug-likeness (QED) is 0.105. The van der Waals surface area contributed by atoms with Gasteiger partial charge in [0, 0.05) is 96.2 Å². The van der Waals surface area contributed by atoms with E-state index in [0.29, 0.717) is 0 Å². The van der Waals surface area contributed by atoms with Crippen molar-refractivity contribution in [2.75, 3.05) is 0 Å². The summed E-state index contributed by atoms with van der Waals surface area (Å²) >= 11 is 0. The fourth-order valence-electron chi connectivity index (χ4n) is 18.3. The van der Waals surface area contributed by atoms with Crippen LogP contribution in [0.4, 0.5) is 0 Å². The topological polar surface area (TPSA) is 103 Å². The normalized spacial score (nSPS) is 12.2. The predicted octanol–water partition coefficient (Wildman–Crippen LogP) is 22.8. The average molecular weight is 1560 g/mol. The van der Waals surface area contributed by atoms with Crippen molar-refractivity contribution in [2.24, 2.45) is 0 Å². The lowest BCUT2D eigenvalue weighted by Crippen LogP contribution is -2.26. The third kappa shape index (κ3) is 10.8. The molecular formula is C105H69N6O3P3. The summed E-state index contributed by atoms with van der Waals surface area (Å²) in [7, 11) is -9.75. The van der Waals surface area contributed by atoms with Crippen molar-refractivity contribution in [3.05, 3.63) is 419 Å². The van der Waals surface area contributed by atoms with Crippen LogP contribution in [0.15, 0.2) is 419 Å². The first-order valence-corrected chi connectivity index (χ1v) is 44.4. The van der Waals surface area contributed by atoms with Crippen molar-refractivity contribution in [2.45, 2.75) is 0 Å². The zero-order valence-electron chi connectivity index (χ0n) is 63.1. The molecule has 0 amide bonds. The SMILES string of the molecule is O=P(c1ccccc1)(c1ccccc1)c1cc2c(c3ccccc13)c1ccccc1n1c3ccccc3nc21.O=P(c1ccccc1)(c1ccccc1)c1cc2ccccc2c2c3ccccc3n3c4ccccc4nc3c12.O=P(c1ccccc1)(c1ccccc1)c1cccc2c1nc1c3ccc4ccccc4c3c3ccccc3n21. The monoisotopic (exact) mass is 1550 g/mol. The molecular weight excluding hydrogens is 1490 g/mol. The van der Waals surface area contributed by atoms with Crippen LogP contribution < -0.4 is 47.7 Å². The molecule has 552 valence electrons. The summed E-state index contributed by atoms with van der Waals surface area (Å²) < 4.78 is 53.6. The van der Waals surface area contributed by atoms with E-state index in [4.69, 9.17) is 15.0 Å². The number of hydrogen-bond acceptors (Lipinski definition) is 6. The Morgan fingerprint density at radius 1 is 0.188 bits per heavy atom. The number of para-hydroxylation sites is 8. The number of nitrogens with zero attached hydrogens (tertiary/aromatic N) is 6. The van der Waals surface area contributed by atoms with Gasteiger partial charge in [-0.3, -0.25) is 13.2 Å². The molecule has 0 aliphatic carbocycles. The maximum Gasteiger partial charge on any atom is 0.173 e. The van der Waals surface area contributed by atoms with Crippen molar-refractivity contribution in [1.82, 2.24) is 28.2 Å². The molecule has 0 aliphatic heterocycles. The molecule has 9 nitrogen and oxygen atoms in total. The van der Waals surface area contributed by atoms with Crippen LogP contribution in [0.1, 0.15) is 0 Å². The summed E-state index contributed by atoms with van der Waals surface area (Å²) in [5.74, 6) is 0. The highest BCUT2D eigenvalue weighted by Crippen LogP contribution is 2.51. The van der Waals surface area contributed by atoms with Gasteiger partial charge in [0.1, 0.15) is 22.5 Å². The Morgan fingerprint density at radius 2 is 0.521 bits per heavy atom. The minimum absolute atomic E-state index is 0.763. The largest absolute Gasteiger partial charge is 0.309 e. The number of fused-ring (bicyclic) bond motifs is 30. The van der Waals surface area contributed by atoms with E-state index in [9.17, 15) is 0 Å². The van der Waals surface area contributed by atoms with Crippen molar-refractivity contribution in [1.29, 1.82) is 0 Å². The van der Waals surface area contributed by atoms with E-state index in [1.807, 2.05) is 212 Å². The molecule has 0 fully saturated rings. The van der Waals surface area contributed by atoms with Crippen LogP contribution >= 0.6 is 21.4 Å². The first-order chi connectivity index (χ1) is 57.7. The molecule has 18 aromatic carbocycles. The fraction of sp³-hybridized carbons (Fsp3) is 0. The molecule has 0 saturated heterocycles. The summed E-state index contributed by atoms with van der Waals surface area (Å²) in [6.45, 7) is 0. The summed E-state index contributed by atoms with van der Waals surface area (Å²) in [5.41, 5.74) is 11.6. The van der Waals surface area contributed by atoms with Crippen molar-refractivity contribution in [3.8, 4) is 0 Å². The minimum Gasteiger partial charge on any atom is -0.309 e. The lowest BCUT2D eigenvalue weighted by Gasteiger charge is -2.23. The van der Waals surface area contributed by atoms with Gasteiger partial charge < -0.3 is 13.7 Å². The molecule has 0 unspecified atom stereocenters. The number of aromatic nitrogens is 6. The van der Waals surface area contributed by atoms with Gasteiger partial charge in [-0.15, -0.1) is 0 Å². The molecule has 6 aromatic heterocycles. The number of pyridine rings is 3. The van der Waals surface area contributed by atoms with Crippen molar-refractivity contribution < 1.29 is 13.7 Å². The molecule has 0 bridgehead atoms. The number of benzene rings is 18. The van der Waals surface area contributed by atoms with Gasteiger partial charge in [-0.2, -0.15) is 0 Å². The molecule has 12 heteroatoms. The van der Waals surface area contributed by atoms with Gasteiger partial charge in [0.05, 0.1) is 44.1 Å². The van der Waals surface area contributed by atoms with Gasteiger partial charge in [0.2, 0.25) is 0 Å². The molecule has 0 atom stereocenters.